The van der Waals surface area contributed by atoms with Crippen LogP contribution in [0.1, 0.15) is 18.3 Å². The molecular weight excluding hydrogens is 390 g/mol. The molecule has 8 nitrogen and oxygen atoms in total. The third-order valence-electron chi connectivity index (χ3n) is 3.58. The maximum absolute atomic E-state index is 11.1. The lowest BCUT2D eigenvalue weighted by molar-refractivity contribution is -0.385. The van der Waals surface area contributed by atoms with E-state index in [1.165, 1.54) is 18.2 Å². The molecule has 1 aromatic heterocycles. The van der Waals surface area contributed by atoms with Gasteiger partial charge in [0.2, 0.25) is 10.5 Å². The SMILES string of the molecule is CCc1n[nH]c(=S)n1/N=C\c1ccc(Oc2ccc(Cl)cc2[N+](=O)[O-])cc1. The summed E-state index contributed by atoms with van der Waals surface area (Å²) < 4.78 is 7.57. The molecule has 0 amide bonds. The minimum atomic E-state index is -0.540. The number of ether oxygens (including phenoxy) is 1. The molecule has 0 aliphatic rings. The maximum Gasteiger partial charge on any atom is 0.313 e. The van der Waals surface area contributed by atoms with Crippen molar-refractivity contribution in [3.05, 3.63) is 73.8 Å². The number of benzene rings is 2. The predicted octanol–water partition coefficient (Wildman–Crippen LogP) is 4.74. The molecule has 10 heteroatoms. The second-order valence-corrected chi connectivity index (χ2v) is 6.22. The molecule has 138 valence electrons. The average molecular weight is 404 g/mol. The van der Waals surface area contributed by atoms with Gasteiger partial charge in [-0.3, -0.25) is 15.2 Å². The Labute approximate surface area is 164 Å². The lowest BCUT2D eigenvalue weighted by atomic mass is 10.2. The number of H-pyrrole nitrogens is 1. The topological polar surface area (TPSA) is 98.3 Å². The molecule has 3 rings (SSSR count). The molecule has 27 heavy (non-hydrogen) atoms. The molecule has 3 aromatic rings. The van der Waals surface area contributed by atoms with Crippen molar-refractivity contribution in [2.24, 2.45) is 5.10 Å². The fraction of sp³-hybridized carbons (Fsp3) is 0.118. The van der Waals surface area contributed by atoms with Gasteiger partial charge in [-0.2, -0.15) is 14.9 Å². The van der Waals surface area contributed by atoms with Crippen molar-refractivity contribution in [1.82, 2.24) is 14.9 Å². The summed E-state index contributed by atoms with van der Waals surface area (Å²) in [5, 5.41) is 22.5. The van der Waals surface area contributed by atoms with Crippen molar-refractivity contribution in [3.8, 4) is 11.5 Å². The van der Waals surface area contributed by atoms with E-state index in [9.17, 15) is 10.1 Å². The van der Waals surface area contributed by atoms with Gasteiger partial charge in [-0.05, 0) is 54.2 Å². The molecular formula is C17H14ClN5O3S. The van der Waals surface area contributed by atoms with Crippen molar-refractivity contribution >= 4 is 35.7 Å². The third kappa shape index (κ3) is 4.39. The van der Waals surface area contributed by atoms with Gasteiger partial charge in [0.1, 0.15) is 5.75 Å². The number of rotatable bonds is 6. The third-order valence-corrected chi connectivity index (χ3v) is 4.08. The molecule has 0 bridgehead atoms. The van der Waals surface area contributed by atoms with E-state index in [1.54, 1.807) is 35.2 Å². The van der Waals surface area contributed by atoms with E-state index in [1.807, 2.05) is 6.92 Å². The number of aromatic amines is 1. The molecule has 0 radical (unpaired) electrons. The quantitative estimate of drug-likeness (QED) is 0.277. The number of nitro groups is 1. The summed E-state index contributed by atoms with van der Waals surface area (Å²) in [5.74, 6) is 1.29. The number of aromatic nitrogens is 3. The van der Waals surface area contributed by atoms with E-state index in [4.69, 9.17) is 28.6 Å². The maximum atomic E-state index is 11.1. The number of nitro benzene ring substituents is 1. The van der Waals surface area contributed by atoms with Gasteiger partial charge >= 0.3 is 5.69 Å². The van der Waals surface area contributed by atoms with E-state index >= 15 is 0 Å². The summed E-state index contributed by atoms with van der Waals surface area (Å²) in [6.45, 7) is 1.96. The number of nitrogens with one attached hydrogen (secondary N) is 1. The summed E-state index contributed by atoms with van der Waals surface area (Å²) in [7, 11) is 0. The van der Waals surface area contributed by atoms with Gasteiger partial charge in [-0.25, -0.2) is 0 Å². The minimum Gasteiger partial charge on any atom is -0.450 e. The molecule has 2 aromatic carbocycles. The van der Waals surface area contributed by atoms with Crippen molar-refractivity contribution in [3.63, 3.8) is 0 Å². The van der Waals surface area contributed by atoms with Crippen LogP contribution >= 0.6 is 23.8 Å². The molecule has 0 fully saturated rings. The van der Waals surface area contributed by atoms with E-state index in [2.05, 4.69) is 15.3 Å². The lowest BCUT2D eigenvalue weighted by Crippen LogP contribution is -1.97. The Balaban J connectivity index is 1.78. The summed E-state index contributed by atoms with van der Waals surface area (Å²) >= 11 is 10.9. The van der Waals surface area contributed by atoms with E-state index in [0.29, 0.717) is 16.9 Å². The van der Waals surface area contributed by atoms with Crippen LogP contribution in [0.2, 0.25) is 5.02 Å². The Morgan fingerprint density at radius 1 is 1.37 bits per heavy atom. The highest BCUT2D eigenvalue weighted by atomic mass is 35.5. The first-order valence-electron chi connectivity index (χ1n) is 7.90. The number of nitrogens with zero attached hydrogens (tertiary/aromatic N) is 4. The first-order chi connectivity index (χ1) is 13.0. The second-order valence-electron chi connectivity index (χ2n) is 5.40. The van der Waals surface area contributed by atoms with Crippen LogP contribution in [0, 0.1) is 14.9 Å². The van der Waals surface area contributed by atoms with Crippen LogP contribution in [-0.2, 0) is 6.42 Å². The van der Waals surface area contributed by atoms with Crippen LogP contribution in [0.25, 0.3) is 0 Å². The zero-order valence-electron chi connectivity index (χ0n) is 14.1. The Kier molecular flexibility index (Phi) is 5.63. The average Bonchev–Trinajstić information content (AvgIpc) is 3.02. The van der Waals surface area contributed by atoms with Gasteiger partial charge in [0, 0.05) is 17.5 Å². The van der Waals surface area contributed by atoms with Crippen LogP contribution < -0.4 is 4.74 Å². The number of aryl methyl sites for hydroxylation is 1. The van der Waals surface area contributed by atoms with Gasteiger partial charge in [0.15, 0.2) is 5.82 Å². The van der Waals surface area contributed by atoms with Crippen molar-refractivity contribution < 1.29 is 9.66 Å². The summed E-state index contributed by atoms with van der Waals surface area (Å²) in [6, 6.07) is 11.2. The molecule has 1 N–H and O–H groups in total. The standard InChI is InChI=1S/C17H14ClN5O3S/c1-2-16-20-21-17(27)22(16)19-10-11-3-6-13(7-4-11)26-15-8-5-12(18)9-14(15)23(24)25/h3-10H,2H2,1H3,(H,21,27)/b19-10-. The highest BCUT2D eigenvalue weighted by Crippen LogP contribution is 2.33. The van der Waals surface area contributed by atoms with Crippen molar-refractivity contribution in [2.75, 3.05) is 0 Å². The molecule has 0 saturated carbocycles. The largest absolute Gasteiger partial charge is 0.450 e. The molecule has 0 spiro atoms. The van der Waals surface area contributed by atoms with Crippen LogP contribution in [0.3, 0.4) is 0 Å². The van der Waals surface area contributed by atoms with Gasteiger partial charge < -0.3 is 4.74 Å². The first-order valence-corrected chi connectivity index (χ1v) is 8.69. The van der Waals surface area contributed by atoms with E-state index in [0.717, 1.165) is 11.4 Å². The lowest BCUT2D eigenvalue weighted by Gasteiger charge is -2.06. The molecule has 1 heterocycles. The minimum absolute atomic E-state index is 0.114. The Hall–Kier alpha value is -3.04. The monoisotopic (exact) mass is 403 g/mol. The van der Waals surface area contributed by atoms with Gasteiger partial charge in [-0.1, -0.05) is 18.5 Å². The van der Waals surface area contributed by atoms with Crippen LogP contribution in [-0.4, -0.2) is 26.0 Å². The number of hydrogen-bond donors (Lipinski definition) is 1. The van der Waals surface area contributed by atoms with Crippen LogP contribution in [0.4, 0.5) is 5.69 Å². The fourth-order valence-corrected chi connectivity index (χ4v) is 2.63. The molecule has 0 saturated heterocycles. The zero-order chi connectivity index (χ0) is 19.4. The summed E-state index contributed by atoms with van der Waals surface area (Å²) in [5.41, 5.74) is 0.604. The predicted molar refractivity (Wildman–Crippen MR) is 104 cm³/mol. The van der Waals surface area contributed by atoms with Crippen molar-refractivity contribution in [2.45, 2.75) is 13.3 Å². The van der Waals surface area contributed by atoms with Crippen molar-refractivity contribution in [1.29, 1.82) is 0 Å². The molecule has 0 unspecified atom stereocenters. The Morgan fingerprint density at radius 3 is 2.78 bits per heavy atom. The molecule has 0 aliphatic carbocycles. The summed E-state index contributed by atoms with van der Waals surface area (Å²) in [6.07, 6.45) is 2.33. The Bertz CT molecular complexity index is 1060. The van der Waals surface area contributed by atoms with Gasteiger partial charge in [0.05, 0.1) is 11.1 Å². The second kappa shape index (κ2) is 8.11. The highest BCUT2D eigenvalue weighted by Gasteiger charge is 2.16. The molecule has 0 atom stereocenters. The smallest absolute Gasteiger partial charge is 0.313 e. The van der Waals surface area contributed by atoms with Gasteiger partial charge in [-0.15, -0.1) is 0 Å². The van der Waals surface area contributed by atoms with E-state index < -0.39 is 4.92 Å². The Morgan fingerprint density at radius 2 is 2.11 bits per heavy atom. The first kappa shape index (κ1) is 18.7. The van der Waals surface area contributed by atoms with Gasteiger partial charge in [0.25, 0.3) is 0 Å². The summed E-state index contributed by atoms with van der Waals surface area (Å²) in [4.78, 5) is 10.6. The highest BCUT2D eigenvalue weighted by molar-refractivity contribution is 7.71. The zero-order valence-corrected chi connectivity index (χ0v) is 15.7. The van der Waals surface area contributed by atoms with Crippen LogP contribution in [0.5, 0.6) is 11.5 Å². The number of halogens is 1. The van der Waals surface area contributed by atoms with Crippen LogP contribution in [0.15, 0.2) is 47.6 Å². The molecule has 0 aliphatic heterocycles. The fourth-order valence-electron chi connectivity index (χ4n) is 2.27. The number of hydrogen-bond acceptors (Lipinski definition) is 6. The normalized spacial score (nSPS) is 11.0. The van der Waals surface area contributed by atoms with E-state index in [-0.39, 0.29) is 16.5 Å².